The third-order valence-corrected chi connectivity index (χ3v) is 6.17. The van der Waals surface area contributed by atoms with Gasteiger partial charge in [-0.3, -0.25) is 0 Å². The minimum Gasteiger partial charge on any atom is -0.449 e. The zero-order valence-electron chi connectivity index (χ0n) is 16.5. The first-order valence-corrected chi connectivity index (χ1v) is 10.3. The van der Waals surface area contributed by atoms with Gasteiger partial charge >= 0.3 is 6.09 Å². The molecule has 5 rings (SSSR count). The summed E-state index contributed by atoms with van der Waals surface area (Å²) < 4.78 is 19.9. The van der Waals surface area contributed by atoms with E-state index in [9.17, 15) is 9.18 Å². The Kier molecular flexibility index (Phi) is 4.97. The summed E-state index contributed by atoms with van der Waals surface area (Å²) in [6.45, 7) is 1.48. The maximum absolute atomic E-state index is 14.2. The summed E-state index contributed by atoms with van der Waals surface area (Å²) in [6, 6.07) is 23.0. The Labute approximate surface area is 175 Å². The summed E-state index contributed by atoms with van der Waals surface area (Å²) in [5, 5.41) is 6.18. The fourth-order valence-electron chi connectivity index (χ4n) is 4.72. The second-order valence-electron chi connectivity index (χ2n) is 7.86. The first kappa shape index (κ1) is 18.8. The van der Waals surface area contributed by atoms with E-state index >= 15 is 0 Å². The van der Waals surface area contributed by atoms with Crippen LogP contribution in [0, 0.1) is 5.82 Å². The summed E-state index contributed by atoms with van der Waals surface area (Å²) in [4.78, 5) is 12.6. The summed E-state index contributed by atoms with van der Waals surface area (Å²) in [7, 11) is 0. The molecule has 0 spiro atoms. The number of benzene rings is 3. The number of hydrogen-bond donors (Lipinski definition) is 2. The number of alkyl carbamates (subject to hydrolysis) is 1. The van der Waals surface area contributed by atoms with Crippen LogP contribution in [0.25, 0.3) is 11.1 Å². The van der Waals surface area contributed by atoms with E-state index in [-0.39, 0.29) is 30.3 Å². The molecule has 1 aliphatic carbocycles. The van der Waals surface area contributed by atoms with Gasteiger partial charge in [0, 0.05) is 24.9 Å². The Morgan fingerprint density at radius 2 is 1.50 bits per heavy atom. The van der Waals surface area contributed by atoms with Crippen LogP contribution in [-0.4, -0.2) is 31.8 Å². The Balaban J connectivity index is 1.27. The molecule has 3 aromatic carbocycles. The summed E-state index contributed by atoms with van der Waals surface area (Å²) in [5.41, 5.74) is 5.37. The standard InChI is InChI=1S/C25H23FN2O2/c26-23-12-6-5-11-20(23)21-13-27-14-24(21)28-25(29)30-15-22-18-9-3-1-7-16(18)17-8-2-4-10-19(17)22/h1-12,21-22,24,27H,13-15H2,(H,28,29). The van der Waals surface area contributed by atoms with Crippen LogP contribution in [0.3, 0.4) is 0 Å². The molecule has 1 fully saturated rings. The summed E-state index contributed by atoms with van der Waals surface area (Å²) in [6.07, 6.45) is -0.466. The van der Waals surface area contributed by atoms with Gasteiger partial charge in [0.2, 0.25) is 0 Å². The zero-order chi connectivity index (χ0) is 20.5. The number of nitrogens with one attached hydrogen (secondary N) is 2. The maximum Gasteiger partial charge on any atom is 0.407 e. The van der Waals surface area contributed by atoms with Gasteiger partial charge in [0.25, 0.3) is 0 Å². The van der Waals surface area contributed by atoms with Gasteiger partial charge < -0.3 is 15.4 Å². The van der Waals surface area contributed by atoms with Crippen molar-refractivity contribution < 1.29 is 13.9 Å². The third-order valence-electron chi connectivity index (χ3n) is 6.17. The number of halogens is 1. The van der Waals surface area contributed by atoms with Crippen molar-refractivity contribution >= 4 is 6.09 Å². The predicted octanol–water partition coefficient (Wildman–Crippen LogP) is 4.42. The maximum atomic E-state index is 14.2. The van der Waals surface area contributed by atoms with Crippen LogP contribution < -0.4 is 10.6 Å². The highest BCUT2D eigenvalue weighted by molar-refractivity contribution is 5.79. The minimum absolute atomic E-state index is 0.0206. The molecular formula is C25H23FN2O2. The second kappa shape index (κ2) is 7.92. The number of rotatable bonds is 4. The number of amides is 1. The fourth-order valence-corrected chi connectivity index (χ4v) is 4.72. The van der Waals surface area contributed by atoms with E-state index in [0.717, 1.165) is 0 Å². The van der Waals surface area contributed by atoms with Crippen molar-refractivity contribution in [1.29, 1.82) is 0 Å². The number of fused-ring (bicyclic) bond motifs is 3. The van der Waals surface area contributed by atoms with Crippen molar-refractivity contribution in [2.24, 2.45) is 0 Å². The van der Waals surface area contributed by atoms with Crippen LogP contribution in [-0.2, 0) is 4.74 Å². The van der Waals surface area contributed by atoms with Crippen LogP contribution in [0.5, 0.6) is 0 Å². The van der Waals surface area contributed by atoms with Crippen molar-refractivity contribution in [1.82, 2.24) is 10.6 Å². The molecule has 3 aromatic rings. The van der Waals surface area contributed by atoms with Crippen LogP contribution in [0.1, 0.15) is 28.5 Å². The van der Waals surface area contributed by atoms with Crippen LogP contribution >= 0.6 is 0 Å². The molecule has 2 unspecified atom stereocenters. The van der Waals surface area contributed by atoms with Crippen LogP contribution in [0.2, 0.25) is 0 Å². The molecule has 1 amide bonds. The number of carbonyl (C=O) groups is 1. The van der Waals surface area contributed by atoms with Crippen molar-refractivity contribution in [3.05, 3.63) is 95.3 Å². The van der Waals surface area contributed by atoms with E-state index in [4.69, 9.17) is 4.74 Å². The number of hydrogen-bond acceptors (Lipinski definition) is 3. The van der Waals surface area contributed by atoms with Gasteiger partial charge in [0.1, 0.15) is 12.4 Å². The van der Waals surface area contributed by atoms with Crippen LogP contribution in [0.15, 0.2) is 72.8 Å². The fraction of sp³-hybridized carbons (Fsp3) is 0.240. The molecule has 0 aromatic heterocycles. The Bertz CT molecular complexity index is 1040. The quantitative estimate of drug-likeness (QED) is 0.679. The zero-order valence-corrected chi connectivity index (χ0v) is 16.5. The first-order valence-electron chi connectivity index (χ1n) is 10.3. The average Bonchev–Trinajstić information content (AvgIpc) is 3.35. The molecular weight excluding hydrogens is 379 g/mol. The van der Waals surface area contributed by atoms with Gasteiger partial charge in [0.05, 0.1) is 6.04 Å². The van der Waals surface area contributed by atoms with Crippen molar-refractivity contribution in [3.8, 4) is 11.1 Å². The Morgan fingerprint density at radius 1 is 0.900 bits per heavy atom. The highest BCUT2D eigenvalue weighted by Gasteiger charge is 2.33. The van der Waals surface area contributed by atoms with Gasteiger partial charge in [-0.15, -0.1) is 0 Å². The number of ether oxygens (including phenoxy) is 1. The van der Waals surface area contributed by atoms with E-state index < -0.39 is 6.09 Å². The van der Waals surface area contributed by atoms with Gasteiger partial charge in [-0.25, -0.2) is 9.18 Å². The highest BCUT2D eigenvalue weighted by atomic mass is 19.1. The molecule has 1 saturated heterocycles. The van der Waals surface area contributed by atoms with E-state index in [0.29, 0.717) is 18.7 Å². The lowest BCUT2D eigenvalue weighted by Gasteiger charge is -2.21. The molecule has 2 atom stereocenters. The molecule has 5 heteroatoms. The molecule has 0 saturated carbocycles. The van der Waals surface area contributed by atoms with E-state index in [1.165, 1.54) is 28.3 Å². The smallest absolute Gasteiger partial charge is 0.407 e. The van der Waals surface area contributed by atoms with Gasteiger partial charge in [-0.05, 0) is 33.9 Å². The normalized spacial score (nSPS) is 19.9. The van der Waals surface area contributed by atoms with Crippen molar-refractivity contribution in [2.45, 2.75) is 17.9 Å². The van der Waals surface area contributed by atoms with Gasteiger partial charge in [-0.2, -0.15) is 0 Å². The monoisotopic (exact) mass is 402 g/mol. The van der Waals surface area contributed by atoms with Crippen molar-refractivity contribution in [2.75, 3.05) is 19.7 Å². The van der Waals surface area contributed by atoms with Crippen molar-refractivity contribution in [3.63, 3.8) is 0 Å². The lowest BCUT2D eigenvalue weighted by molar-refractivity contribution is 0.139. The van der Waals surface area contributed by atoms with Crippen LogP contribution in [0.4, 0.5) is 9.18 Å². The minimum atomic E-state index is -0.466. The molecule has 2 aliphatic rings. The first-order chi connectivity index (χ1) is 14.7. The van der Waals surface area contributed by atoms with Gasteiger partial charge in [0.15, 0.2) is 0 Å². The molecule has 0 bridgehead atoms. The molecule has 30 heavy (non-hydrogen) atoms. The molecule has 2 N–H and O–H groups in total. The van der Waals surface area contributed by atoms with E-state index in [2.05, 4.69) is 34.9 Å². The molecule has 1 aliphatic heterocycles. The predicted molar refractivity (Wildman–Crippen MR) is 114 cm³/mol. The lowest BCUT2D eigenvalue weighted by atomic mass is 9.94. The Hall–Kier alpha value is -3.18. The molecule has 0 radical (unpaired) electrons. The largest absolute Gasteiger partial charge is 0.449 e. The van der Waals surface area contributed by atoms with Gasteiger partial charge in [-0.1, -0.05) is 66.7 Å². The topological polar surface area (TPSA) is 50.4 Å². The summed E-state index contributed by atoms with van der Waals surface area (Å²) >= 11 is 0. The average molecular weight is 402 g/mol. The highest BCUT2D eigenvalue weighted by Crippen LogP contribution is 2.44. The SMILES string of the molecule is O=C(NC1CNCC1c1ccccc1F)OCC1c2ccccc2-c2ccccc21. The third kappa shape index (κ3) is 3.35. The number of carbonyl (C=O) groups excluding carboxylic acids is 1. The molecule has 4 nitrogen and oxygen atoms in total. The molecule has 1 heterocycles. The van der Waals surface area contributed by atoms with E-state index in [1.807, 2.05) is 30.3 Å². The molecule has 152 valence electrons. The summed E-state index contributed by atoms with van der Waals surface area (Å²) in [5.74, 6) is -0.343. The lowest BCUT2D eigenvalue weighted by Crippen LogP contribution is -2.40. The van der Waals surface area contributed by atoms with E-state index in [1.54, 1.807) is 12.1 Å². The second-order valence-corrected chi connectivity index (χ2v) is 7.86. The Morgan fingerprint density at radius 3 is 2.17 bits per heavy atom.